The number of benzene rings is 2. The maximum absolute atomic E-state index is 5.74. The first-order valence-corrected chi connectivity index (χ1v) is 6.46. The predicted molar refractivity (Wildman–Crippen MR) is 78.1 cm³/mol. The summed E-state index contributed by atoms with van der Waals surface area (Å²) < 4.78 is 11.8. The van der Waals surface area contributed by atoms with Gasteiger partial charge in [-0.2, -0.15) is 0 Å². The predicted octanol–water partition coefficient (Wildman–Crippen LogP) is 3.85. The Labute approximate surface area is 118 Å². The minimum Gasteiger partial charge on any atom is -0.497 e. The quantitative estimate of drug-likeness (QED) is 0.729. The fourth-order valence-electron chi connectivity index (χ4n) is 1.85. The van der Waals surface area contributed by atoms with E-state index in [1.54, 1.807) is 19.2 Å². The van der Waals surface area contributed by atoms with Crippen molar-refractivity contribution < 1.29 is 9.15 Å². The lowest BCUT2D eigenvalue weighted by molar-refractivity contribution is 0.414. The van der Waals surface area contributed by atoms with Crippen molar-refractivity contribution in [2.75, 3.05) is 12.8 Å². The molecule has 0 aliphatic rings. The summed E-state index contributed by atoms with van der Waals surface area (Å²) in [6, 6.07) is 11.0. The number of methoxy groups -OCH3 is 1. The van der Waals surface area contributed by atoms with Crippen LogP contribution in [-0.2, 0) is 0 Å². The molecule has 2 N–H and O–H groups in total. The van der Waals surface area contributed by atoms with E-state index in [4.69, 9.17) is 14.9 Å². The number of nitrogens with two attached hydrogens (primary N) is 1. The van der Waals surface area contributed by atoms with Crippen LogP contribution in [0.15, 0.2) is 45.3 Å². The van der Waals surface area contributed by atoms with Crippen molar-refractivity contribution in [3.8, 4) is 17.2 Å². The summed E-state index contributed by atoms with van der Waals surface area (Å²) >= 11 is 3.49. The fraction of sp³-hybridized carbons (Fsp3) is 0.0714. The monoisotopic (exact) mass is 318 g/mol. The van der Waals surface area contributed by atoms with Gasteiger partial charge in [0, 0.05) is 10.2 Å². The van der Waals surface area contributed by atoms with E-state index >= 15 is 0 Å². The number of fused-ring (bicyclic) bond motifs is 1. The molecule has 0 fully saturated rings. The van der Waals surface area contributed by atoms with E-state index in [1.165, 1.54) is 0 Å². The van der Waals surface area contributed by atoms with Gasteiger partial charge >= 0.3 is 0 Å². The zero-order chi connectivity index (χ0) is 13.4. The Morgan fingerprint density at radius 3 is 2.84 bits per heavy atom. The van der Waals surface area contributed by atoms with Crippen molar-refractivity contribution in [2.24, 2.45) is 0 Å². The number of aromatic nitrogens is 1. The summed E-state index contributed by atoms with van der Waals surface area (Å²) in [6.07, 6.45) is 0. The lowest BCUT2D eigenvalue weighted by Crippen LogP contribution is -1.85. The van der Waals surface area contributed by atoms with Gasteiger partial charge in [-0.15, -0.1) is 0 Å². The fourth-order valence-corrected chi connectivity index (χ4v) is 2.27. The van der Waals surface area contributed by atoms with Crippen LogP contribution in [0.1, 0.15) is 0 Å². The van der Waals surface area contributed by atoms with Gasteiger partial charge in [0.15, 0.2) is 5.58 Å². The second-order valence-electron chi connectivity index (χ2n) is 4.09. The van der Waals surface area contributed by atoms with Gasteiger partial charge in [0.25, 0.3) is 0 Å². The second kappa shape index (κ2) is 4.59. The summed E-state index contributed by atoms with van der Waals surface area (Å²) in [5.41, 5.74) is 8.69. The third-order valence-corrected chi connectivity index (χ3v) is 3.51. The molecule has 0 saturated carbocycles. The molecule has 2 aromatic carbocycles. The zero-order valence-electron chi connectivity index (χ0n) is 10.2. The van der Waals surface area contributed by atoms with E-state index < -0.39 is 0 Å². The van der Waals surface area contributed by atoms with Crippen LogP contribution in [0.4, 0.5) is 5.69 Å². The summed E-state index contributed by atoms with van der Waals surface area (Å²) in [5.74, 6) is 1.28. The number of nitrogens with zero attached hydrogens (tertiary/aromatic N) is 1. The molecule has 5 heteroatoms. The maximum Gasteiger partial charge on any atom is 0.228 e. The molecule has 0 aliphatic heterocycles. The second-order valence-corrected chi connectivity index (χ2v) is 4.95. The number of anilines is 1. The highest BCUT2D eigenvalue weighted by atomic mass is 79.9. The van der Waals surface area contributed by atoms with Crippen LogP contribution in [0.3, 0.4) is 0 Å². The van der Waals surface area contributed by atoms with E-state index in [-0.39, 0.29) is 0 Å². The molecule has 0 saturated heterocycles. The van der Waals surface area contributed by atoms with Gasteiger partial charge in [-0.25, -0.2) is 4.98 Å². The first-order valence-electron chi connectivity index (χ1n) is 5.67. The largest absolute Gasteiger partial charge is 0.497 e. The Morgan fingerprint density at radius 1 is 1.21 bits per heavy atom. The number of rotatable bonds is 2. The summed E-state index contributed by atoms with van der Waals surface area (Å²) in [5, 5.41) is 0. The lowest BCUT2D eigenvalue weighted by Gasteiger charge is -2.03. The molecule has 3 aromatic rings. The highest BCUT2D eigenvalue weighted by molar-refractivity contribution is 9.10. The number of ether oxygens (including phenoxy) is 1. The van der Waals surface area contributed by atoms with Crippen LogP contribution >= 0.6 is 15.9 Å². The number of oxazole rings is 1. The van der Waals surface area contributed by atoms with Crippen molar-refractivity contribution >= 4 is 32.7 Å². The Balaban J connectivity index is 2.18. The Morgan fingerprint density at radius 2 is 2.05 bits per heavy atom. The van der Waals surface area contributed by atoms with E-state index in [9.17, 15) is 0 Å². The summed E-state index contributed by atoms with van der Waals surface area (Å²) in [7, 11) is 1.62. The molecule has 1 heterocycles. The van der Waals surface area contributed by atoms with Crippen molar-refractivity contribution in [3.63, 3.8) is 0 Å². The first-order chi connectivity index (χ1) is 9.17. The molecular weight excluding hydrogens is 308 g/mol. The Hall–Kier alpha value is -2.01. The molecule has 0 amide bonds. The molecule has 0 aliphatic carbocycles. The third kappa shape index (κ3) is 2.17. The molecule has 0 bridgehead atoms. The SMILES string of the molecule is COc1ccc(Br)c(-c2nc3cc(N)ccc3o2)c1. The van der Waals surface area contributed by atoms with Gasteiger partial charge in [-0.1, -0.05) is 0 Å². The number of hydrogen-bond donors (Lipinski definition) is 1. The smallest absolute Gasteiger partial charge is 0.228 e. The average Bonchev–Trinajstić information content (AvgIpc) is 2.82. The third-order valence-electron chi connectivity index (χ3n) is 2.82. The van der Waals surface area contributed by atoms with Crippen LogP contribution in [-0.4, -0.2) is 12.1 Å². The van der Waals surface area contributed by atoms with E-state index in [2.05, 4.69) is 20.9 Å². The number of halogens is 1. The molecule has 4 nitrogen and oxygen atoms in total. The standard InChI is InChI=1S/C14H11BrN2O2/c1-18-9-3-4-11(15)10(7-9)14-17-12-6-8(16)2-5-13(12)19-14/h2-7H,16H2,1H3. The molecule has 0 unspecified atom stereocenters. The Bertz CT molecular complexity index is 752. The normalized spacial score (nSPS) is 10.8. The van der Waals surface area contributed by atoms with E-state index in [1.807, 2.05) is 24.3 Å². The first kappa shape index (κ1) is 12.0. The average molecular weight is 319 g/mol. The molecule has 19 heavy (non-hydrogen) atoms. The molecule has 96 valence electrons. The van der Waals surface area contributed by atoms with Crippen LogP contribution in [0.25, 0.3) is 22.6 Å². The van der Waals surface area contributed by atoms with Crippen molar-refractivity contribution in [2.45, 2.75) is 0 Å². The van der Waals surface area contributed by atoms with Crippen molar-refractivity contribution in [1.82, 2.24) is 4.98 Å². The van der Waals surface area contributed by atoms with Gasteiger partial charge in [0.2, 0.25) is 5.89 Å². The van der Waals surface area contributed by atoms with Crippen LogP contribution < -0.4 is 10.5 Å². The van der Waals surface area contributed by atoms with Crippen LogP contribution in [0.5, 0.6) is 5.75 Å². The highest BCUT2D eigenvalue weighted by Gasteiger charge is 2.12. The number of hydrogen-bond acceptors (Lipinski definition) is 4. The van der Waals surface area contributed by atoms with Crippen LogP contribution in [0.2, 0.25) is 0 Å². The molecule has 1 aromatic heterocycles. The molecular formula is C14H11BrN2O2. The van der Waals surface area contributed by atoms with E-state index in [0.717, 1.165) is 21.3 Å². The molecule has 0 atom stereocenters. The molecule has 0 spiro atoms. The highest BCUT2D eigenvalue weighted by Crippen LogP contribution is 2.33. The summed E-state index contributed by atoms with van der Waals surface area (Å²) in [4.78, 5) is 4.45. The minimum atomic E-state index is 0.534. The maximum atomic E-state index is 5.74. The zero-order valence-corrected chi connectivity index (χ0v) is 11.8. The van der Waals surface area contributed by atoms with Crippen LogP contribution in [0, 0.1) is 0 Å². The van der Waals surface area contributed by atoms with Gasteiger partial charge in [-0.05, 0) is 52.3 Å². The van der Waals surface area contributed by atoms with Gasteiger partial charge < -0.3 is 14.9 Å². The van der Waals surface area contributed by atoms with Gasteiger partial charge in [0.05, 0.1) is 12.7 Å². The van der Waals surface area contributed by atoms with Gasteiger partial charge in [-0.3, -0.25) is 0 Å². The van der Waals surface area contributed by atoms with E-state index in [0.29, 0.717) is 17.2 Å². The molecule has 3 rings (SSSR count). The Kier molecular flexibility index (Phi) is 2.91. The number of nitrogen functional groups attached to an aromatic ring is 1. The van der Waals surface area contributed by atoms with Crippen molar-refractivity contribution in [1.29, 1.82) is 0 Å². The topological polar surface area (TPSA) is 61.3 Å². The lowest BCUT2D eigenvalue weighted by atomic mass is 10.2. The minimum absolute atomic E-state index is 0.534. The van der Waals surface area contributed by atoms with Gasteiger partial charge in [0.1, 0.15) is 11.3 Å². The molecule has 0 radical (unpaired) electrons. The summed E-state index contributed by atoms with van der Waals surface area (Å²) in [6.45, 7) is 0. The van der Waals surface area contributed by atoms with Crippen molar-refractivity contribution in [3.05, 3.63) is 40.9 Å².